The number of fused-ring (bicyclic) bond motifs is 1. The number of benzene rings is 1. The Morgan fingerprint density at radius 3 is 2.80 bits per heavy atom. The smallest absolute Gasteiger partial charge is 0.129 e. The monoisotopic (exact) mass is 211 g/mol. The maximum Gasteiger partial charge on any atom is 0.129 e. The van der Waals surface area contributed by atoms with Crippen molar-refractivity contribution in [2.75, 3.05) is 6.54 Å². The van der Waals surface area contributed by atoms with Gasteiger partial charge in [-0.25, -0.2) is 8.78 Å². The van der Waals surface area contributed by atoms with Gasteiger partial charge in [-0.2, -0.15) is 0 Å². The van der Waals surface area contributed by atoms with Crippen molar-refractivity contribution in [3.8, 4) is 0 Å². The lowest BCUT2D eigenvalue weighted by Gasteiger charge is -2.12. The van der Waals surface area contributed by atoms with Gasteiger partial charge in [0.05, 0.1) is 0 Å². The minimum absolute atomic E-state index is 0.102. The number of rotatable bonds is 2. The zero-order chi connectivity index (χ0) is 11.0. The Morgan fingerprint density at radius 2 is 2.13 bits per heavy atom. The third kappa shape index (κ3) is 1.76. The van der Waals surface area contributed by atoms with E-state index in [1.54, 1.807) is 0 Å². The third-order valence-electron chi connectivity index (χ3n) is 3.03. The highest BCUT2D eigenvalue weighted by Gasteiger charge is 2.30. The summed E-state index contributed by atoms with van der Waals surface area (Å²) in [5.41, 5.74) is 1.48. The summed E-state index contributed by atoms with van der Waals surface area (Å²) in [5, 5.41) is 3.25. The summed E-state index contributed by atoms with van der Waals surface area (Å²) in [5.74, 6) is -0.717. The largest absolute Gasteiger partial charge is 0.310 e. The van der Waals surface area contributed by atoms with Crippen LogP contribution < -0.4 is 5.32 Å². The molecule has 2 unspecified atom stereocenters. The fourth-order valence-corrected chi connectivity index (χ4v) is 2.45. The van der Waals surface area contributed by atoms with Gasteiger partial charge >= 0.3 is 0 Å². The fraction of sp³-hybridized carbons (Fsp3) is 0.500. The highest BCUT2D eigenvalue weighted by atomic mass is 19.1. The Balaban J connectivity index is 2.45. The van der Waals surface area contributed by atoms with Crippen LogP contribution in [0.5, 0.6) is 0 Å². The first kappa shape index (κ1) is 10.6. The van der Waals surface area contributed by atoms with Crippen molar-refractivity contribution in [3.05, 3.63) is 34.9 Å². The van der Waals surface area contributed by atoms with Crippen LogP contribution >= 0.6 is 0 Å². The van der Waals surface area contributed by atoms with E-state index >= 15 is 0 Å². The van der Waals surface area contributed by atoms with Gasteiger partial charge in [0, 0.05) is 12.1 Å². The Morgan fingerprint density at radius 1 is 1.40 bits per heavy atom. The quantitative estimate of drug-likeness (QED) is 0.792. The van der Waals surface area contributed by atoms with Crippen molar-refractivity contribution < 1.29 is 8.78 Å². The number of hydrogen-bond donors (Lipinski definition) is 1. The molecule has 1 nitrogen and oxygen atoms in total. The van der Waals surface area contributed by atoms with Gasteiger partial charge in [0.25, 0.3) is 0 Å². The molecule has 1 aliphatic carbocycles. The molecule has 0 amide bonds. The minimum Gasteiger partial charge on any atom is -0.310 e. The van der Waals surface area contributed by atoms with Crippen LogP contribution in [0, 0.1) is 11.6 Å². The fourth-order valence-electron chi connectivity index (χ4n) is 2.45. The molecule has 0 spiro atoms. The lowest BCUT2D eigenvalue weighted by atomic mass is 10.0. The molecule has 0 radical (unpaired) electrons. The van der Waals surface area contributed by atoms with E-state index in [4.69, 9.17) is 0 Å². The van der Waals surface area contributed by atoms with E-state index in [-0.39, 0.29) is 12.0 Å². The Kier molecular flexibility index (Phi) is 2.74. The number of halogens is 2. The van der Waals surface area contributed by atoms with Crippen LogP contribution in [-0.4, -0.2) is 6.54 Å². The second kappa shape index (κ2) is 3.89. The Labute approximate surface area is 88.5 Å². The number of hydrogen-bond acceptors (Lipinski definition) is 1. The SMILES string of the molecule is CCNC1CC(C)c2c(F)cc(F)cc21. The Bertz CT molecular complexity index is 376. The molecule has 0 aliphatic heterocycles. The molecule has 82 valence electrons. The van der Waals surface area contributed by atoms with Gasteiger partial charge in [0.2, 0.25) is 0 Å². The predicted molar refractivity (Wildman–Crippen MR) is 55.8 cm³/mol. The molecule has 0 saturated heterocycles. The van der Waals surface area contributed by atoms with Gasteiger partial charge in [-0.1, -0.05) is 13.8 Å². The van der Waals surface area contributed by atoms with Crippen molar-refractivity contribution in [1.82, 2.24) is 5.32 Å². The van der Waals surface area contributed by atoms with Crippen molar-refractivity contribution in [2.24, 2.45) is 0 Å². The maximum absolute atomic E-state index is 13.5. The molecule has 1 N–H and O–H groups in total. The molecule has 0 bridgehead atoms. The molecule has 1 aromatic rings. The minimum atomic E-state index is -0.483. The van der Waals surface area contributed by atoms with E-state index in [1.807, 2.05) is 13.8 Å². The summed E-state index contributed by atoms with van der Waals surface area (Å²) in [6, 6.07) is 2.53. The summed E-state index contributed by atoms with van der Waals surface area (Å²) in [6.07, 6.45) is 0.851. The first-order chi connectivity index (χ1) is 7.13. The van der Waals surface area contributed by atoms with Crippen LogP contribution in [0.1, 0.15) is 43.4 Å². The van der Waals surface area contributed by atoms with Crippen LogP contribution in [-0.2, 0) is 0 Å². The van der Waals surface area contributed by atoms with Crippen molar-refractivity contribution in [2.45, 2.75) is 32.2 Å². The van der Waals surface area contributed by atoms with E-state index in [0.717, 1.165) is 24.6 Å². The molecule has 15 heavy (non-hydrogen) atoms. The highest BCUT2D eigenvalue weighted by Crippen LogP contribution is 2.41. The normalized spacial score (nSPS) is 24.3. The molecule has 0 fully saturated rings. The number of nitrogens with one attached hydrogen (secondary N) is 1. The molecular weight excluding hydrogens is 196 g/mol. The van der Waals surface area contributed by atoms with Gasteiger partial charge in [-0.3, -0.25) is 0 Å². The molecule has 2 rings (SSSR count). The Hall–Kier alpha value is -0.960. The topological polar surface area (TPSA) is 12.0 Å². The molecule has 0 saturated carbocycles. The molecular formula is C12H15F2N. The van der Waals surface area contributed by atoms with E-state index in [1.165, 1.54) is 6.07 Å². The maximum atomic E-state index is 13.5. The third-order valence-corrected chi connectivity index (χ3v) is 3.03. The van der Waals surface area contributed by atoms with Gasteiger partial charge in [0.15, 0.2) is 0 Å². The first-order valence-corrected chi connectivity index (χ1v) is 5.35. The van der Waals surface area contributed by atoms with Crippen molar-refractivity contribution in [1.29, 1.82) is 0 Å². The summed E-state index contributed by atoms with van der Waals surface area (Å²) in [7, 11) is 0. The van der Waals surface area contributed by atoms with Crippen LogP contribution in [0.4, 0.5) is 8.78 Å². The highest BCUT2D eigenvalue weighted by molar-refractivity contribution is 5.39. The van der Waals surface area contributed by atoms with Crippen molar-refractivity contribution >= 4 is 0 Å². The summed E-state index contributed by atoms with van der Waals surface area (Å²) >= 11 is 0. The average molecular weight is 211 g/mol. The van der Waals surface area contributed by atoms with Crippen molar-refractivity contribution in [3.63, 3.8) is 0 Å². The van der Waals surface area contributed by atoms with Gasteiger partial charge in [-0.15, -0.1) is 0 Å². The average Bonchev–Trinajstić information content (AvgIpc) is 2.43. The zero-order valence-electron chi connectivity index (χ0n) is 8.98. The second-order valence-electron chi connectivity index (χ2n) is 4.14. The zero-order valence-corrected chi connectivity index (χ0v) is 8.98. The van der Waals surface area contributed by atoms with Gasteiger partial charge in [0.1, 0.15) is 11.6 Å². The molecule has 0 heterocycles. The van der Waals surface area contributed by atoms with Crippen LogP contribution in [0.25, 0.3) is 0 Å². The molecule has 2 atom stereocenters. The lowest BCUT2D eigenvalue weighted by molar-refractivity contribution is 0.517. The lowest BCUT2D eigenvalue weighted by Crippen LogP contribution is -2.18. The molecule has 1 aliphatic rings. The van der Waals surface area contributed by atoms with Gasteiger partial charge in [-0.05, 0) is 36.1 Å². The van der Waals surface area contributed by atoms with E-state index in [9.17, 15) is 8.78 Å². The molecule has 0 aromatic heterocycles. The standard InChI is InChI=1S/C12H15F2N/c1-3-15-11-4-7(2)12-9(11)5-8(13)6-10(12)14/h5-7,11,15H,3-4H2,1-2H3. The van der Waals surface area contributed by atoms with E-state index < -0.39 is 11.6 Å². The van der Waals surface area contributed by atoms with Crippen LogP contribution in [0.2, 0.25) is 0 Å². The van der Waals surface area contributed by atoms with Gasteiger partial charge < -0.3 is 5.32 Å². The van der Waals surface area contributed by atoms with Crippen LogP contribution in [0.15, 0.2) is 12.1 Å². The summed E-state index contributed by atoms with van der Waals surface area (Å²) in [6.45, 7) is 4.80. The van der Waals surface area contributed by atoms with E-state index in [0.29, 0.717) is 5.56 Å². The summed E-state index contributed by atoms with van der Waals surface area (Å²) < 4.78 is 26.6. The first-order valence-electron chi connectivity index (χ1n) is 5.35. The van der Waals surface area contributed by atoms with Crippen LogP contribution in [0.3, 0.4) is 0 Å². The molecule has 3 heteroatoms. The predicted octanol–water partition coefficient (Wildman–Crippen LogP) is 3.12. The second-order valence-corrected chi connectivity index (χ2v) is 4.14. The summed E-state index contributed by atoms with van der Waals surface area (Å²) in [4.78, 5) is 0. The molecule has 1 aromatic carbocycles. The van der Waals surface area contributed by atoms with E-state index in [2.05, 4.69) is 5.32 Å².